The van der Waals surface area contributed by atoms with Crippen molar-refractivity contribution in [3.63, 3.8) is 0 Å². The van der Waals surface area contributed by atoms with Gasteiger partial charge in [0.1, 0.15) is 5.15 Å². The normalized spacial score (nSPS) is 26.6. The summed E-state index contributed by atoms with van der Waals surface area (Å²) >= 11 is 6.02. The van der Waals surface area contributed by atoms with Crippen LogP contribution in [0.25, 0.3) is 11.0 Å². The maximum Gasteiger partial charge on any atom is 0.160 e. The van der Waals surface area contributed by atoms with E-state index in [0.717, 1.165) is 23.9 Å². The summed E-state index contributed by atoms with van der Waals surface area (Å²) in [6, 6.07) is 4.27. The summed E-state index contributed by atoms with van der Waals surface area (Å²) in [7, 11) is 0. The second-order valence-electron chi connectivity index (χ2n) is 5.78. The molecule has 4 rings (SSSR count). The van der Waals surface area contributed by atoms with Crippen molar-refractivity contribution in [1.29, 1.82) is 0 Å². The lowest BCUT2D eigenvalue weighted by atomic mass is 9.81. The number of nitrogens with zero attached hydrogens (tertiary/aromatic N) is 3. The highest BCUT2D eigenvalue weighted by molar-refractivity contribution is 6.29. The Bertz CT molecular complexity index is 629. The van der Waals surface area contributed by atoms with Crippen LogP contribution in [0.3, 0.4) is 0 Å². The summed E-state index contributed by atoms with van der Waals surface area (Å²) in [6.45, 7) is 0.277. The minimum Gasteiger partial charge on any atom is -0.396 e. The zero-order valence-electron chi connectivity index (χ0n) is 10.6. The zero-order valence-corrected chi connectivity index (χ0v) is 11.3. The first-order chi connectivity index (χ1) is 9.26. The van der Waals surface area contributed by atoms with E-state index in [2.05, 4.69) is 4.98 Å². The lowest BCUT2D eigenvalue weighted by Crippen LogP contribution is -2.29. The number of halogens is 1. The highest BCUT2D eigenvalue weighted by Crippen LogP contribution is 2.45. The monoisotopic (exact) mass is 277 g/mol. The van der Waals surface area contributed by atoms with Gasteiger partial charge in [-0.3, -0.25) is 0 Å². The lowest BCUT2D eigenvalue weighted by molar-refractivity contribution is 0.107. The van der Waals surface area contributed by atoms with E-state index in [0.29, 0.717) is 23.0 Å². The fourth-order valence-electron chi connectivity index (χ4n) is 2.98. The van der Waals surface area contributed by atoms with Gasteiger partial charge in [0.15, 0.2) is 5.65 Å². The molecule has 2 saturated carbocycles. The van der Waals surface area contributed by atoms with Gasteiger partial charge in [0.25, 0.3) is 0 Å². The van der Waals surface area contributed by atoms with Gasteiger partial charge in [-0.1, -0.05) is 11.6 Å². The Morgan fingerprint density at radius 3 is 2.79 bits per heavy atom. The van der Waals surface area contributed by atoms with Crippen molar-refractivity contribution in [2.45, 2.75) is 37.6 Å². The van der Waals surface area contributed by atoms with Gasteiger partial charge in [0, 0.05) is 17.9 Å². The molecule has 0 aliphatic heterocycles. The molecule has 4 nitrogen and oxygen atoms in total. The van der Waals surface area contributed by atoms with Crippen LogP contribution in [0.1, 0.15) is 43.3 Å². The van der Waals surface area contributed by atoms with E-state index >= 15 is 0 Å². The fourth-order valence-corrected chi connectivity index (χ4v) is 3.12. The molecule has 1 N–H and O–H groups in total. The van der Waals surface area contributed by atoms with E-state index in [1.165, 1.54) is 18.5 Å². The Hall–Kier alpha value is -1.13. The maximum atomic E-state index is 9.15. The van der Waals surface area contributed by atoms with E-state index in [4.69, 9.17) is 21.8 Å². The van der Waals surface area contributed by atoms with Crippen LogP contribution >= 0.6 is 11.6 Å². The molecular formula is C14H16ClN3O. The van der Waals surface area contributed by atoms with E-state index < -0.39 is 0 Å². The third kappa shape index (κ3) is 1.85. The van der Waals surface area contributed by atoms with Crippen molar-refractivity contribution in [2.24, 2.45) is 5.92 Å². The first-order valence-electron chi connectivity index (χ1n) is 6.91. The Labute approximate surface area is 116 Å². The molecule has 5 heteroatoms. The second-order valence-corrected chi connectivity index (χ2v) is 6.17. The molecule has 0 atom stereocenters. The number of pyridine rings is 1. The number of rotatable bonds is 3. The summed E-state index contributed by atoms with van der Waals surface area (Å²) in [5, 5.41) is 15.6. The Balaban J connectivity index is 1.79. The van der Waals surface area contributed by atoms with Gasteiger partial charge in [-0.2, -0.15) is 5.10 Å². The highest BCUT2D eigenvalue weighted by atomic mass is 35.5. The Kier molecular flexibility index (Phi) is 2.57. The number of hydrogen-bond donors (Lipinski definition) is 1. The predicted molar refractivity (Wildman–Crippen MR) is 73.4 cm³/mol. The number of hydrogen-bond acceptors (Lipinski definition) is 3. The van der Waals surface area contributed by atoms with Crippen LogP contribution in [0.5, 0.6) is 0 Å². The molecule has 2 aromatic heterocycles. The molecule has 2 fully saturated rings. The number of fused-ring (bicyclic) bond motifs is 1. The number of aliphatic hydroxyl groups is 1. The van der Waals surface area contributed by atoms with Crippen molar-refractivity contribution in [1.82, 2.24) is 14.8 Å². The molecule has 19 heavy (non-hydrogen) atoms. The summed E-state index contributed by atoms with van der Waals surface area (Å²) < 4.78 is 2.04. The largest absolute Gasteiger partial charge is 0.396 e. The van der Waals surface area contributed by atoms with Gasteiger partial charge in [0.2, 0.25) is 0 Å². The first-order valence-corrected chi connectivity index (χ1v) is 7.29. The van der Waals surface area contributed by atoms with Crippen molar-refractivity contribution >= 4 is 22.6 Å². The lowest BCUT2D eigenvalue weighted by Gasteiger charge is -2.34. The van der Waals surface area contributed by atoms with Gasteiger partial charge in [-0.25, -0.2) is 9.67 Å². The highest BCUT2D eigenvalue weighted by Gasteiger charge is 2.35. The van der Waals surface area contributed by atoms with Gasteiger partial charge >= 0.3 is 0 Å². The molecule has 0 amide bonds. The maximum absolute atomic E-state index is 9.15. The molecule has 0 radical (unpaired) electrons. The summed E-state index contributed by atoms with van der Waals surface area (Å²) in [4.78, 5) is 4.46. The molecule has 2 heterocycles. The molecule has 0 bridgehead atoms. The quantitative estimate of drug-likeness (QED) is 0.878. The average molecular weight is 278 g/mol. The first kappa shape index (κ1) is 11.7. The average Bonchev–Trinajstić information content (AvgIpc) is 3.12. The van der Waals surface area contributed by atoms with Gasteiger partial charge in [-0.05, 0) is 43.7 Å². The summed E-state index contributed by atoms with van der Waals surface area (Å²) in [5.41, 5.74) is 2.10. The smallest absolute Gasteiger partial charge is 0.160 e. The van der Waals surface area contributed by atoms with Gasteiger partial charge in [0.05, 0.1) is 11.7 Å². The SMILES string of the molecule is OCC1CC(n2nc(C3CC3)c3ccc(Cl)nc32)C1. The number of aromatic nitrogens is 3. The third-order valence-corrected chi connectivity index (χ3v) is 4.54. The molecule has 0 spiro atoms. The van der Waals surface area contributed by atoms with Crippen LogP contribution in [0.2, 0.25) is 5.15 Å². The molecule has 0 unspecified atom stereocenters. The fraction of sp³-hybridized carbons (Fsp3) is 0.571. The van der Waals surface area contributed by atoms with E-state index in [-0.39, 0.29) is 6.61 Å². The second kappa shape index (κ2) is 4.18. The minimum absolute atomic E-state index is 0.277. The standard InChI is InChI=1S/C14H16ClN3O/c15-12-4-3-11-13(9-1-2-9)17-18(14(11)16-12)10-5-8(6-10)7-19/h3-4,8-10,19H,1-2,5-7H2. The van der Waals surface area contributed by atoms with Crippen LogP contribution < -0.4 is 0 Å². The van der Waals surface area contributed by atoms with Crippen LogP contribution in [0.4, 0.5) is 0 Å². The molecule has 2 aromatic rings. The third-order valence-electron chi connectivity index (χ3n) is 4.33. The predicted octanol–water partition coefficient (Wildman–Crippen LogP) is 2.91. The Morgan fingerprint density at radius 1 is 1.32 bits per heavy atom. The van der Waals surface area contributed by atoms with Crippen molar-refractivity contribution in [2.75, 3.05) is 6.61 Å². The van der Waals surface area contributed by atoms with Crippen molar-refractivity contribution < 1.29 is 5.11 Å². The van der Waals surface area contributed by atoms with Crippen molar-refractivity contribution in [3.05, 3.63) is 23.0 Å². The molecule has 0 aromatic carbocycles. The van der Waals surface area contributed by atoms with E-state index in [1.807, 2.05) is 16.8 Å². The molecule has 100 valence electrons. The summed E-state index contributed by atoms with van der Waals surface area (Å²) in [6.07, 6.45) is 4.45. The molecule has 2 aliphatic rings. The van der Waals surface area contributed by atoms with Crippen LogP contribution in [-0.2, 0) is 0 Å². The van der Waals surface area contributed by atoms with Crippen LogP contribution in [0, 0.1) is 5.92 Å². The number of aliphatic hydroxyl groups excluding tert-OH is 1. The molecule has 0 saturated heterocycles. The summed E-state index contributed by atoms with van der Waals surface area (Å²) in [5.74, 6) is 1.04. The van der Waals surface area contributed by atoms with Crippen LogP contribution in [-0.4, -0.2) is 26.5 Å². The van der Waals surface area contributed by atoms with Gasteiger partial charge < -0.3 is 5.11 Å². The molecular weight excluding hydrogens is 262 g/mol. The van der Waals surface area contributed by atoms with Crippen molar-refractivity contribution in [3.8, 4) is 0 Å². The van der Waals surface area contributed by atoms with Gasteiger partial charge in [-0.15, -0.1) is 0 Å². The Morgan fingerprint density at radius 2 is 2.11 bits per heavy atom. The topological polar surface area (TPSA) is 50.9 Å². The van der Waals surface area contributed by atoms with Crippen LogP contribution in [0.15, 0.2) is 12.1 Å². The minimum atomic E-state index is 0.277. The molecule has 2 aliphatic carbocycles. The van der Waals surface area contributed by atoms with E-state index in [1.54, 1.807) is 0 Å². The van der Waals surface area contributed by atoms with E-state index in [9.17, 15) is 0 Å². The zero-order chi connectivity index (χ0) is 13.0.